The number of hydrogen-bond donors (Lipinski definition) is 1. The second-order valence-corrected chi connectivity index (χ2v) is 8.61. The zero-order chi connectivity index (χ0) is 16.5. The van der Waals surface area contributed by atoms with Crippen molar-refractivity contribution in [2.24, 2.45) is 17.8 Å². The Balaban J connectivity index is 1.95. The summed E-state index contributed by atoms with van der Waals surface area (Å²) in [5.74, 6) is 2.17. The Hall–Kier alpha value is -0.770. The van der Waals surface area contributed by atoms with E-state index in [1.165, 1.54) is 19.4 Å². The van der Waals surface area contributed by atoms with E-state index in [0.717, 1.165) is 18.9 Å². The van der Waals surface area contributed by atoms with E-state index in [4.69, 9.17) is 4.74 Å². The molecular weight excluding hydrogens is 276 g/mol. The largest absolute Gasteiger partial charge is 0.444 e. The SMILES string of the molecule is CC(C)C1CC(NC(=O)OC(C)(C)C)CN(C(C)C2CC2)C1. The summed E-state index contributed by atoms with van der Waals surface area (Å²) in [6, 6.07) is 0.849. The van der Waals surface area contributed by atoms with Crippen LogP contribution < -0.4 is 5.32 Å². The van der Waals surface area contributed by atoms with Crippen LogP contribution in [0, 0.1) is 17.8 Å². The first-order valence-corrected chi connectivity index (χ1v) is 8.89. The number of carbonyl (C=O) groups is 1. The molecule has 2 rings (SSSR count). The van der Waals surface area contributed by atoms with Gasteiger partial charge in [0, 0.05) is 25.2 Å². The lowest BCUT2D eigenvalue weighted by molar-refractivity contribution is 0.0375. The minimum absolute atomic E-state index is 0.206. The van der Waals surface area contributed by atoms with Gasteiger partial charge in [0.25, 0.3) is 0 Å². The van der Waals surface area contributed by atoms with Gasteiger partial charge < -0.3 is 10.1 Å². The summed E-state index contributed by atoms with van der Waals surface area (Å²) in [4.78, 5) is 14.7. The van der Waals surface area contributed by atoms with Gasteiger partial charge in [-0.05, 0) is 64.7 Å². The van der Waals surface area contributed by atoms with Crippen LogP contribution >= 0.6 is 0 Å². The quantitative estimate of drug-likeness (QED) is 0.861. The number of hydrogen-bond acceptors (Lipinski definition) is 3. The van der Waals surface area contributed by atoms with Crippen LogP contribution in [0.15, 0.2) is 0 Å². The number of carbonyl (C=O) groups excluding carboxylic acids is 1. The molecule has 0 spiro atoms. The van der Waals surface area contributed by atoms with E-state index in [2.05, 4.69) is 31.0 Å². The van der Waals surface area contributed by atoms with Gasteiger partial charge in [-0.15, -0.1) is 0 Å². The van der Waals surface area contributed by atoms with Crippen molar-refractivity contribution in [1.29, 1.82) is 0 Å². The molecule has 0 aromatic heterocycles. The molecule has 3 atom stereocenters. The van der Waals surface area contributed by atoms with Crippen molar-refractivity contribution in [1.82, 2.24) is 10.2 Å². The molecule has 2 aliphatic rings. The average Bonchev–Trinajstić information content (AvgIpc) is 3.19. The molecule has 128 valence electrons. The first kappa shape index (κ1) is 17.6. The number of piperidine rings is 1. The van der Waals surface area contributed by atoms with E-state index in [0.29, 0.717) is 17.9 Å². The molecule has 0 aromatic rings. The van der Waals surface area contributed by atoms with E-state index >= 15 is 0 Å². The fourth-order valence-electron chi connectivity index (χ4n) is 3.44. The number of likely N-dealkylation sites (tertiary alicyclic amines) is 1. The van der Waals surface area contributed by atoms with Gasteiger partial charge >= 0.3 is 6.09 Å². The van der Waals surface area contributed by atoms with Gasteiger partial charge in [0.2, 0.25) is 0 Å². The lowest BCUT2D eigenvalue weighted by Gasteiger charge is -2.42. The maximum atomic E-state index is 12.1. The van der Waals surface area contributed by atoms with Crippen molar-refractivity contribution in [2.45, 2.75) is 78.5 Å². The van der Waals surface area contributed by atoms with Crippen molar-refractivity contribution in [3.8, 4) is 0 Å². The number of nitrogens with one attached hydrogen (secondary N) is 1. The second-order valence-electron chi connectivity index (χ2n) is 8.61. The minimum Gasteiger partial charge on any atom is -0.444 e. The highest BCUT2D eigenvalue weighted by Crippen LogP contribution is 2.37. The van der Waals surface area contributed by atoms with Gasteiger partial charge in [-0.2, -0.15) is 0 Å². The Morgan fingerprint density at radius 3 is 2.27 bits per heavy atom. The lowest BCUT2D eigenvalue weighted by atomic mass is 9.84. The van der Waals surface area contributed by atoms with Crippen LogP contribution in [0.1, 0.15) is 60.8 Å². The van der Waals surface area contributed by atoms with E-state index in [1.54, 1.807) is 0 Å². The van der Waals surface area contributed by atoms with Gasteiger partial charge in [-0.3, -0.25) is 4.90 Å². The number of alkyl carbamates (subject to hydrolysis) is 1. The zero-order valence-corrected chi connectivity index (χ0v) is 15.2. The molecular formula is C18H34N2O2. The van der Waals surface area contributed by atoms with Gasteiger partial charge in [0.1, 0.15) is 5.60 Å². The lowest BCUT2D eigenvalue weighted by Crippen LogP contribution is -2.55. The third-order valence-corrected chi connectivity index (χ3v) is 5.06. The third kappa shape index (κ3) is 5.15. The summed E-state index contributed by atoms with van der Waals surface area (Å²) < 4.78 is 5.42. The Bertz CT molecular complexity index is 385. The predicted molar refractivity (Wildman–Crippen MR) is 89.9 cm³/mol. The predicted octanol–water partition coefficient (Wildman–Crippen LogP) is 3.66. The van der Waals surface area contributed by atoms with Crippen molar-refractivity contribution in [3.05, 3.63) is 0 Å². The van der Waals surface area contributed by atoms with Crippen LogP contribution in [0.25, 0.3) is 0 Å². The summed E-state index contributed by atoms with van der Waals surface area (Å²) in [5.41, 5.74) is -0.433. The van der Waals surface area contributed by atoms with Crippen molar-refractivity contribution in [3.63, 3.8) is 0 Å². The molecule has 1 aliphatic carbocycles. The molecule has 1 saturated carbocycles. The Kier molecular flexibility index (Phi) is 5.41. The van der Waals surface area contributed by atoms with Gasteiger partial charge in [0.05, 0.1) is 0 Å². The molecule has 1 aliphatic heterocycles. The highest BCUT2D eigenvalue weighted by Gasteiger charge is 2.38. The van der Waals surface area contributed by atoms with E-state index in [-0.39, 0.29) is 12.1 Å². The Morgan fingerprint density at radius 2 is 1.77 bits per heavy atom. The number of amides is 1. The van der Waals surface area contributed by atoms with Crippen LogP contribution in [0.2, 0.25) is 0 Å². The summed E-state index contributed by atoms with van der Waals surface area (Å²) >= 11 is 0. The summed E-state index contributed by atoms with van der Waals surface area (Å²) in [6.45, 7) is 14.8. The molecule has 1 saturated heterocycles. The molecule has 4 nitrogen and oxygen atoms in total. The normalized spacial score (nSPS) is 28.5. The molecule has 4 heteroatoms. The summed E-state index contributed by atoms with van der Waals surface area (Å²) in [7, 11) is 0. The van der Waals surface area contributed by atoms with Crippen LogP contribution in [-0.4, -0.2) is 41.8 Å². The molecule has 0 bridgehead atoms. The average molecular weight is 310 g/mol. The zero-order valence-electron chi connectivity index (χ0n) is 15.2. The first-order valence-electron chi connectivity index (χ1n) is 8.89. The fourth-order valence-corrected chi connectivity index (χ4v) is 3.44. The van der Waals surface area contributed by atoms with Gasteiger partial charge in [0.15, 0.2) is 0 Å². The third-order valence-electron chi connectivity index (χ3n) is 5.06. The number of rotatable bonds is 4. The smallest absolute Gasteiger partial charge is 0.407 e. The molecule has 1 N–H and O–H groups in total. The highest BCUT2D eigenvalue weighted by molar-refractivity contribution is 5.68. The molecule has 1 amide bonds. The minimum atomic E-state index is -0.433. The molecule has 3 unspecified atom stereocenters. The summed E-state index contributed by atoms with van der Waals surface area (Å²) in [5, 5.41) is 3.10. The highest BCUT2D eigenvalue weighted by atomic mass is 16.6. The molecule has 22 heavy (non-hydrogen) atoms. The fraction of sp³-hybridized carbons (Fsp3) is 0.944. The van der Waals surface area contributed by atoms with E-state index in [1.807, 2.05) is 20.8 Å². The van der Waals surface area contributed by atoms with Crippen LogP contribution in [0.4, 0.5) is 4.79 Å². The molecule has 1 heterocycles. The monoisotopic (exact) mass is 310 g/mol. The van der Waals surface area contributed by atoms with E-state index < -0.39 is 5.60 Å². The number of ether oxygens (including phenoxy) is 1. The molecule has 2 fully saturated rings. The van der Waals surface area contributed by atoms with Crippen molar-refractivity contribution < 1.29 is 9.53 Å². The molecule has 0 radical (unpaired) electrons. The standard InChI is InChI=1S/C18H34N2O2/c1-12(2)15-9-16(19-17(21)22-18(4,5)6)11-20(10-15)13(3)14-7-8-14/h12-16H,7-11H2,1-6H3,(H,19,21). The van der Waals surface area contributed by atoms with Crippen LogP contribution in [0.3, 0.4) is 0 Å². The molecule has 0 aromatic carbocycles. The topological polar surface area (TPSA) is 41.6 Å². The van der Waals surface area contributed by atoms with Gasteiger partial charge in [-0.1, -0.05) is 13.8 Å². The van der Waals surface area contributed by atoms with Crippen molar-refractivity contribution >= 4 is 6.09 Å². The summed E-state index contributed by atoms with van der Waals surface area (Å²) in [6.07, 6.45) is 3.52. The van der Waals surface area contributed by atoms with Crippen LogP contribution in [-0.2, 0) is 4.74 Å². The number of nitrogens with zero attached hydrogens (tertiary/aromatic N) is 1. The van der Waals surface area contributed by atoms with Crippen LogP contribution in [0.5, 0.6) is 0 Å². The maximum Gasteiger partial charge on any atom is 0.407 e. The Morgan fingerprint density at radius 1 is 1.14 bits per heavy atom. The van der Waals surface area contributed by atoms with Gasteiger partial charge in [-0.25, -0.2) is 4.79 Å². The first-order chi connectivity index (χ1) is 10.2. The maximum absolute atomic E-state index is 12.1. The van der Waals surface area contributed by atoms with Crippen molar-refractivity contribution in [2.75, 3.05) is 13.1 Å². The second kappa shape index (κ2) is 6.77. The van der Waals surface area contributed by atoms with E-state index in [9.17, 15) is 4.79 Å². The Labute approximate surface area is 136 Å².